The molecule has 8 nitrogen and oxygen atoms in total. The molecule has 2 rings (SSSR count). The number of hydrogen-bond donors (Lipinski definition) is 3. The number of phenolic OH excluding ortho intramolecular Hbond substituents is 1. The third kappa shape index (κ3) is 8.50. The Hall–Kier alpha value is -3.55. The van der Waals surface area contributed by atoms with Crippen LogP contribution in [0.25, 0.3) is 0 Å². The number of alkyl carbamates (subject to hydrolysis) is 1. The highest BCUT2D eigenvalue weighted by atomic mass is 16.6. The Morgan fingerprint density at radius 2 is 1.50 bits per heavy atom. The lowest BCUT2D eigenvalue weighted by atomic mass is 9.90. The van der Waals surface area contributed by atoms with Crippen molar-refractivity contribution in [3.63, 3.8) is 0 Å². The van der Waals surface area contributed by atoms with Gasteiger partial charge in [-0.3, -0.25) is 9.59 Å². The average Bonchev–Trinajstić information content (AvgIpc) is 2.81. The number of rotatable bonds is 10. The molecule has 0 heterocycles. The second-order valence-corrected chi connectivity index (χ2v) is 11.4. The predicted octanol–water partition coefficient (Wildman–Crippen LogP) is 5.11. The molecule has 0 saturated carbocycles. The lowest BCUT2D eigenvalue weighted by molar-refractivity contribution is -0.149. The predicted molar refractivity (Wildman–Crippen MR) is 149 cm³/mol. The van der Waals surface area contributed by atoms with Crippen molar-refractivity contribution in [2.75, 3.05) is 0 Å². The van der Waals surface area contributed by atoms with E-state index in [1.165, 1.54) is 11.0 Å². The minimum Gasteiger partial charge on any atom is -0.508 e. The Balaban J connectivity index is 2.66. The van der Waals surface area contributed by atoms with Crippen LogP contribution in [-0.2, 0) is 20.7 Å². The van der Waals surface area contributed by atoms with Crippen LogP contribution < -0.4 is 10.6 Å². The second-order valence-electron chi connectivity index (χ2n) is 11.4. The van der Waals surface area contributed by atoms with E-state index < -0.39 is 41.1 Å². The molecular weight excluding hydrogens is 482 g/mol. The first-order valence-electron chi connectivity index (χ1n) is 13.1. The molecule has 2 aromatic rings. The quantitative estimate of drug-likeness (QED) is 0.399. The van der Waals surface area contributed by atoms with Gasteiger partial charge in [-0.05, 0) is 66.5 Å². The van der Waals surface area contributed by atoms with Crippen LogP contribution in [-0.4, -0.2) is 51.1 Å². The lowest BCUT2D eigenvalue weighted by Gasteiger charge is -2.45. The van der Waals surface area contributed by atoms with Crippen LogP contribution in [0.2, 0.25) is 0 Å². The molecule has 3 amide bonds. The summed E-state index contributed by atoms with van der Waals surface area (Å²) in [4.78, 5) is 42.5. The number of nitrogens with one attached hydrogen (secondary N) is 2. The van der Waals surface area contributed by atoms with E-state index in [-0.39, 0.29) is 18.2 Å². The van der Waals surface area contributed by atoms with Crippen molar-refractivity contribution in [3.05, 3.63) is 65.7 Å². The summed E-state index contributed by atoms with van der Waals surface area (Å²) in [5, 5.41) is 16.4. The fraction of sp³-hybridized carbons (Fsp3) is 0.500. The van der Waals surface area contributed by atoms with Gasteiger partial charge in [-0.15, -0.1) is 0 Å². The van der Waals surface area contributed by atoms with Crippen LogP contribution in [0, 0.1) is 0 Å². The van der Waals surface area contributed by atoms with E-state index >= 15 is 0 Å². The van der Waals surface area contributed by atoms with Gasteiger partial charge in [-0.2, -0.15) is 0 Å². The van der Waals surface area contributed by atoms with Crippen LogP contribution in [0.5, 0.6) is 5.75 Å². The Morgan fingerprint density at radius 3 is 2.03 bits per heavy atom. The Labute approximate surface area is 226 Å². The fourth-order valence-corrected chi connectivity index (χ4v) is 4.09. The topological polar surface area (TPSA) is 108 Å². The highest BCUT2D eigenvalue weighted by Crippen LogP contribution is 2.36. The van der Waals surface area contributed by atoms with Crippen molar-refractivity contribution in [1.82, 2.24) is 15.5 Å². The van der Waals surface area contributed by atoms with Gasteiger partial charge in [0.05, 0.1) is 0 Å². The van der Waals surface area contributed by atoms with Gasteiger partial charge >= 0.3 is 6.09 Å². The molecule has 0 fully saturated rings. The molecule has 0 spiro atoms. The van der Waals surface area contributed by atoms with Crippen LogP contribution >= 0.6 is 0 Å². The summed E-state index contributed by atoms with van der Waals surface area (Å²) in [5.74, 6) is -0.980. The van der Waals surface area contributed by atoms with E-state index in [0.29, 0.717) is 12.0 Å². The molecule has 38 heavy (non-hydrogen) atoms. The lowest BCUT2D eigenvalue weighted by Crippen LogP contribution is -2.60. The van der Waals surface area contributed by atoms with Crippen molar-refractivity contribution in [3.8, 4) is 5.75 Å². The van der Waals surface area contributed by atoms with Gasteiger partial charge < -0.3 is 25.4 Å². The average molecular weight is 526 g/mol. The zero-order valence-electron chi connectivity index (χ0n) is 23.9. The van der Waals surface area contributed by atoms with Crippen molar-refractivity contribution < 1.29 is 24.2 Å². The van der Waals surface area contributed by atoms with E-state index in [2.05, 4.69) is 10.6 Å². The van der Waals surface area contributed by atoms with Crippen molar-refractivity contribution >= 4 is 17.9 Å². The normalized spacial score (nSPS) is 13.4. The van der Waals surface area contributed by atoms with Crippen LogP contribution in [0.3, 0.4) is 0 Å². The summed E-state index contributed by atoms with van der Waals surface area (Å²) in [6.45, 7) is 14.6. The maximum atomic E-state index is 14.5. The van der Waals surface area contributed by atoms with E-state index in [9.17, 15) is 19.5 Å². The number of carbonyl (C=O) groups is 3. The standard InChI is InChI=1S/C30H43N3O5/c1-9-30(7,8)33(25(26(35)31-20(2)3)22-17-13-14-18-24(22)34)27(36)23(19-21-15-11-10-12-16-21)32-28(37)38-29(4,5)6/h10-18,20,23,25,34H,9,19H2,1-8H3,(H,31,35)(H,32,37). The molecule has 2 aromatic carbocycles. The summed E-state index contributed by atoms with van der Waals surface area (Å²) in [5.41, 5.74) is -0.441. The van der Waals surface area contributed by atoms with Gasteiger partial charge in [0.25, 0.3) is 0 Å². The van der Waals surface area contributed by atoms with Gasteiger partial charge in [-0.25, -0.2) is 4.79 Å². The van der Waals surface area contributed by atoms with Crippen LogP contribution in [0.1, 0.15) is 79.0 Å². The van der Waals surface area contributed by atoms with Gasteiger partial charge in [0.15, 0.2) is 0 Å². The number of phenols is 1. The molecule has 0 aromatic heterocycles. The monoisotopic (exact) mass is 525 g/mol. The van der Waals surface area contributed by atoms with Gasteiger partial charge in [0, 0.05) is 23.6 Å². The Kier molecular flexibility index (Phi) is 10.3. The molecule has 0 bridgehead atoms. The minimum absolute atomic E-state index is 0.0965. The number of aromatic hydroxyl groups is 1. The van der Waals surface area contributed by atoms with Gasteiger partial charge in [-0.1, -0.05) is 55.5 Å². The number of para-hydroxylation sites is 1. The summed E-state index contributed by atoms with van der Waals surface area (Å²) in [6.07, 6.45) is -0.0247. The molecule has 0 aliphatic heterocycles. The number of benzene rings is 2. The SMILES string of the molecule is CCC(C)(C)N(C(=O)C(Cc1ccccc1)NC(=O)OC(C)(C)C)C(C(=O)NC(C)C)c1ccccc1O. The van der Waals surface area contributed by atoms with Crippen molar-refractivity contribution in [1.29, 1.82) is 0 Å². The molecule has 0 radical (unpaired) electrons. The Bertz CT molecular complexity index is 1090. The third-order valence-corrected chi connectivity index (χ3v) is 6.20. The van der Waals surface area contributed by atoms with E-state index in [0.717, 1.165) is 5.56 Å². The van der Waals surface area contributed by atoms with E-state index in [1.807, 2.05) is 65.0 Å². The summed E-state index contributed by atoms with van der Waals surface area (Å²) < 4.78 is 5.47. The number of ether oxygens (including phenoxy) is 1. The molecule has 0 saturated heterocycles. The first-order chi connectivity index (χ1) is 17.7. The molecule has 3 N–H and O–H groups in total. The molecular formula is C30H43N3O5. The molecule has 0 aliphatic carbocycles. The van der Waals surface area contributed by atoms with Crippen molar-refractivity contribution in [2.45, 2.75) is 97.5 Å². The number of nitrogens with zero attached hydrogens (tertiary/aromatic N) is 1. The molecule has 8 heteroatoms. The highest BCUT2D eigenvalue weighted by molar-refractivity contribution is 5.93. The number of carbonyl (C=O) groups excluding carboxylic acids is 3. The zero-order chi connectivity index (χ0) is 28.7. The Morgan fingerprint density at radius 1 is 0.921 bits per heavy atom. The minimum atomic E-state index is -1.14. The third-order valence-electron chi connectivity index (χ3n) is 6.20. The molecule has 2 atom stereocenters. The maximum Gasteiger partial charge on any atom is 0.408 e. The summed E-state index contributed by atoms with van der Waals surface area (Å²) >= 11 is 0. The smallest absolute Gasteiger partial charge is 0.408 e. The molecule has 2 unspecified atom stereocenters. The van der Waals surface area contributed by atoms with Crippen LogP contribution in [0.15, 0.2) is 54.6 Å². The number of hydrogen-bond acceptors (Lipinski definition) is 5. The van der Waals surface area contributed by atoms with Crippen molar-refractivity contribution in [2.24, 2.45) is 0 Å². The van der Waals surface area contributed by atoms with Gasteiger partial charge in [0.1, 0.15) is 23.4 Å². The maximum absolute atomic E-state index is 14.5. The first kappa shape index (κ1) is 30.7. The zero-order valence-corrected chi connectivity index (χ0v) is 23.9. The summed E-state index contributed by atoms with van der Waals surface area (Å²) in [6, 6.07) is 13.5. The van der Waals surface area contributed by atoms with E-state index in [1.54, 1.807) is 39.0 Å². The fourth-order valence-electron chi connectivity index (χ4n) is 4.09. The first-order valence-corrected chi connectivity index (χ1v) is 13.1. The highest BCUT2D eigenvalue weighted by Gasteiger charge is 2.44. The molecule has 0 aliphatic rings. The van der Waals surface area contributed by atoms with E-state index in [4.69, 9.17) is 4.74 Å². The summed E-state index contributed by atoms with van der Waals surface area (Å²) in [7, 11) is 0. The number of amides is 3. The largest absolute Gasteiger partial charge is 0.508 e. The second kappa shape index (κ2) is 12.8. The van der Waals surface area contributed by atoms with Crippen LogP contribution in [0.4, 0.5) is 4.79 Å². The van der Waals surface area contributed by atoms with Gasteiger partial charge in [0.2, 0.25) is 11.8 Å². The molecule has 208 valence electrons.